The lowest BCUT2D eigenvalue weighted by Crippen LogP contribution is -2.12. The molecule has 3 heteroatoms. The molecule has 104 valence electrons. The molecule has 0 fully saturated rings. The van der Waals surface area contributed by atoms with Gasteiger partial charge in [0, 0.05) is 5.69 Å². The average Bonchev–Trinajstić information content (AvgIpc) is 2.42. The molecule has 0 atom stereocenters. The zero-order chi connectivity index (χ0) is 14.7. The first kappa shape index (κ1) is 14.1. The van der Waals surface area contributed by atoms with Gasteiger partial charge in [-0.1, -0.05) is 38.1 Å². The van der Waals surface area contributed by atoms with Gasteiger partial charge in [-0.3, -0.25) is 4.79 Å². The monoisotopic (exact) mass is 269 g/mol. The molecular formula is C17H19NO2. The van der Waals surface area contributed by atoms with Crippen LogP contribution in [0.2, 0.25) is 0 Å². The van der Waals surface area contributed by atoms with Crippen molar-refractivity contribution in [3.63, 3.8) is 0 Å². The second-order valence-corrected chi connectivity index (χ2v) is 5.21. The van der Waals surface area contributed by atoms with Crippen LogP contribution in [0, 0.1) is 6.92 Å². The van der Waals surface area contributed by atoms with Crippen LogP contribution in [0.15, 0.2) is 42.5 Å². The van der Waals surface area contributed by atoms with Crippen molar-refractivity contribution >= 4 is 11.6 Å². The Hall–Kier alpha value is -2.29. The number of anilines is 1. The quantitative estimate of drug-likeness (QED) is 0.882. The van der Waals surface area contributed by atoms with Crippen molar-refractivity contribution in [1.29, 1.82) is 0 Å². The zero-order valence-electron chi connectivity index (χ0n) is 12.0. The third-order valence-electron chi connectivity index (χ3n) is 3.29. The molecule has 20 heavy (non-hydrogen) atoms. The van der Waals surface area contributed by atoms with Crippen LogP contribution < -0.4 is 5.32 Å². The second kappa shape index (κ2) is 5.78. The fourth-order valence-electron chi connectivity index (χ4n) is 2.02. The summed E-state index contributed by atoms with van der Waals surface area (Å²) >= 11 is 0. The van der Waals surface area contributed by atoms with E-state index in [0.717, 1.165) is 11.3 Å². The summed E-state index contributed by atoms with van der Waals surface area (Å²) in [6.45, 7) is 5.98. The van der Waals surface area contributed by atoms with Gasteiger partial charge in [-0.05, 0) is 42.2 Å². The summed E-state index contributed by atoms with van der Waals surface area (Å²) in [5.41, 5.74) is 2.88. The molecule has 3 nitrogen and oxygen atoms in total. The number of phenolic OH excluding ortho intramolecular Hbond substituents is 1. The van der Waals surface area contributed by atoms with Crippen LogP contribution in [0.3, 0.4) is 0 Å². The number of hydrogen-bond donors (Lipinski definition) is 2. The zero-order valence-corrected chi connectivity index (χ0v) is 12.0. The van der Waals surface area contributed by atoms with E-state index in [2.05, 4.69) is 19.2 Å². The Morgan fingerprint density at radius 1 is 1.15 bits per heavy atom. The molecule has 2 aromatic carbocycles. The maximum Gasteiger partial charge on any atom is 0.259 e. The van der Waals surface area contributed by atoms with E-state index >= 15 is 0 Å². The number of carbonyl (C=O) groups excluding carboxylic acids is 1. The van der Waals surface area contributed by atoms with E-state index in [1.54, 1.807) is 25.1 Å². The second-order valence-electron chi connectivity index (χ2n) is 5.21. The van der Waals surface area contributed by atoms with Crippen LogP contribution >= 0.6 is 0 Å². The molecule has 0 aromatic heterocycles. The number of amides is 1. The highest BCUT2D eigenvalue weighted by molar-refractivity contribution is 6.06. The van der Waals surface area contributed by atoms with Crippen molar-refractivity contribution in [3.8, 4) is 5.75 Å². The van der Waals surface area contributed by atoms with Gasteiger partial charge in [-0.25, -0.2) is 0 Å². The van der Waals surface area contributed by atoms with Gasteiger partial charge in [-0.15, -0.1) is 0 Å². The molecule has 0 bridgehead atoms. The molecule has 2 N–H and O–H groups in total. The fourth-order valence-corrected chi connectivity index (χ4v) is 2.02. The first-order valence-corrected chi connectivity index (χ1v) is 6.69. The van der Waals surface area contributed by atoms with Gasteiger partial charge in [0.15, 0.2) is 0 Å². The Morgan fingerprint density at radius 3 is 2.55 bits per heavy atom. The number of rotatable bonds is 3. The van der Waals surface area contributed by atoms with Gasteiger partial charge < -0.3 is 10.4 Å². The van der Waals surface area contributed by atoms with Crippen LogP contribution in [-0.2, 0) is 0 Å². The number of nitrogens with one attached hydrogen (secondary N) is 1. The van der Waals surface area contributed by atoms with E-state index in [4.69, 9.17) is 0 Å². The molecule has 0 spiro atoms. The molecule has 1 amide bonds. The van der Waals surface area contributed by atoms with E-state index < -0.39 is 0 Å². The molecule has 2 rings (SSSR count). The summed E-state index contributed by atoms with van der Waals surface area (Å²) < 4.78 is 0. The minimum Gasteiger partial charge on any atom is -0.507 e. The standard InChI is InChI=1S/C17H19NO2/c1-11(2)13-7-5-8-14(10-13)18-17(20)15-9-4-6-12(3)16(15)19/h4-11,19H,1-3H3,(H,18,20). The van der Waals surface area contributed by atoms with Crippen molar-refractivity contribution in [1.82, 2.24) is 0 Å². The summed E-state index contributed by atoms with van der Waals surface area (Å²) in [4.78, 5) is 12.2. The molecule has 0 aliphatic carbocycles. The van der Waals surface area contributed by atoms with Crippen LogP contribution in [0.1, 0.15) is 41.3 Å². The minimum atomic E-state index is -0.299. The van der Waals surface area contributed by atoms with Crippen molar-refractivity contribution in [2.24, 2.45) is 0 Å². The van der Waals surface area contributed by atoms with Gasteiger partial charge in [0.05, 0.1) is 5.56 Å². The number of aromatic hydroxyl groups is 1. The van der Waals surface area contributed by atoms with E-state index in [-0.39, 0.29) is 11.7 Å². The SMILES string of the molecule is Cc1cccc(C(=O)Nc2cccc(C(C)C)c2)c1O. The Kier molecular flexibility index (Phi) is 4.08. The first-order chi connectivity index (χ1) is 9.49. The summed E-state index contributed by atoms with van der Waals surface area (Å²) in [7, 11) is 0. The Bertz CT molecular complexity index is 633. The van der Waals surface area contributed by atoms with Gasteiger partial charge in [-0.2, -0.15) is 0 Å². The van der Waals surface area contributed by atoms with E-state index in [0.29, 0.717) is 17.0 Å². The smallest absolute Gasteiger partial charge is 0.259 e. The van der Waals surface area contributed by atoms with Gasteiger partial charge >= 0.3 is 0 Å². The predicted molar refractivity (Wildman–Crippen MR) is 81.3 cm³/mol. The van der Waals surface area contributed by atoms with Gasteiger partial charge in [0.1, 0.15) is 5.75 Å². The van der Waals surface area contributed by atoms with E-state index in [1.165, 1.54) is 0 Å². The summed E-state index contributed by atoms with van der Waals surface area (Å²) in [6.07, 6.45) is 0. The number of carbonyl (C=O) groups is 1. The first-order valence-electron chi connectivity index (χ1n) is 6.69. The Balaban J connectivity index is 2.24. The lowest BCUT2D eigenvalue weighted by atomic mass is 10.0. The molecule has 0 heterocycles. The third-order valence-corrected chi connectivity index (χ3v) is 3.29. The lowest BCUT2D eigenvalue weighted by Gasteiger charge is -2.11. The fraction of sp³-hybridized carbons (Fsp3) is 0.235. The van der Waals surface area contributed by atoms with Gasteiger partial charge in [0.25, 0.3) is 5.91 Å². The topological polar surface area (TPSA) is 49.3 Å². The van der Waals surface area contributed by atoms with E-state index in [1.807, 2.05) is 24.3 Å². The number of para-hydroxylation sites is 1. The maximum atomic E-state index is 12.2. The third kappa shape index (κ3) is 2.99. The number of hydrogen-bond acceptors (Lipinski definition) is 2. The maximum absolute atomic E-state index is 12.2. The Morgan fingerprint density at radius 2 is 1.85 bits per heavy atom. The molecular weight excluding hydrogens is 250 g/mol. The lowest BCUT2D eigenvalue weighted by molar-refractivity contribution is 0.102. The highest BCUT2D eigenvalue weighted by Crippen LogP contribution is 2.23. The Labute approximate surface area is 119 Å². The number of aryl methyl sites for hydroxylation is 1. The summed E-state index contributed by atoms with van der Waals surface area (Å²) in [5, 5.41) is 12.8. The highest BCUT2D eigenvalue weighted by atomic mass is 16.3. The summed E-state index contributed by atoms with van der Waals surface area (Å²) in [5.74, 6) is 0.136. The molecule has 0 unspecified atom stereocenters. The van der Waals surface area contributed by atoms with Crippen molar-refractivity contribution in [3.05, 3.63) is 59.2 Å². The molecule has 0 saturated heterocycles. The van der Waals surface area contributed by atoms with Gasteiger partial charge in [0.2, 0.25) is 0 Å². The van der Waals surface area contributed by atoms with Crippen molar-refractivity contribution in [2.45, 2.75) is 26.7 Å². The molecule has 2 aromatic rings. The number of benzene rings is 2. The van der Waals surface area contributed by atoms with Crippen LogP contribution in [0.5, 0.6) is 5.75 Å². The minimum absolute atomic E-state index is 0.0324. The molecule has 0 aliphatic rings. The van der Waals surface area contributed by atoms with Crippen LogP contribution in [-0.4, -0.2) is 11.0 Å². The number of phenols is 1. The largest absolute Gasteiger partial charge is 0.507 e. The van der Waals surface area contributed by atoms with Crippen LogP contribution in [0.25, 0.3) is 0 Å². The van der Waals surface area contributed by atoms with Crippen molar-refractivity contribution in [2.75, 3.05) is 5.32 Å². The van der Waals surface area contributed by atoms with Crippen LogP contribution in [0.4, 0.5) is 5.69 Å². The average molecular weight is 269 g/mol. The molecule has 0 radical (unpaired) electrons. The normalized spacial score (nSPS) is 10.6. The predicted octanol–water partition coefficient (Wildman–Crippen LogP) is 4.08. The van der Waals surface area contributed by atoms with Crippen molar-refractivity contribution < 1.29 is 9.90 Å². The summed E-state index contributed by atoms with van der Waals surface area (Å²) in [6, 6.07) is 12.9. The van der Waals surface area contributed by atoms with E-state index in [9.17, 15) is 9.90 Å². The molecule has 0 aliphatic heterocycles. The highest BCUT2D eigenvalue weighted by Gasteiger charge is 2.12. The molecule has 0 saturated carbocycles.